The van der Waals surface area contributed by atoms with Crippen molar-refractivity contribution in [3.05, 3.63) is 113 Å². The third kappa shape index (κ3) is 6.75. The number of benzene rings is 3. The van der Waals surface area contributed by atoms with E-state index in [1.807, 2.05) is 85.8 Å². The molecule has 0 aliphatic carbocycles. The lowest BCUT2D eigenvalue weighted by molar-refractivity contribution is 0.0521. The number of oxazole rings is 1. The minimum Gasteiger partial charge on any atom is -0.493 e. The average Bonchev–Trinajstić information content (AvgIpc) is 3.59. The van der Waals surface area contributed by atoms with E-state index in [1.165, 1.54) is 0 Å². The van der Waals surface area contributed by atoms with Crippen molar-refractivity contribution in [1.82, 2.24) is 14.8 Å². The molecule has 9 heteroatoms. The van der Waals surface area contributed by atoms with Gasteiger partial charge in [-0.2, -0.15) is 0 Å². The molecule has 5 rings (SSSR count). The molecule has 210 valence electrons. The summed E-state index contributed by atoms with van der Waals surface area (Å²) in [6, 6.07) is 25.1. The second kappa shape index (κ2) is 12.9. The number of hydrogen-bond donors (Lipinski definition) is 0. The molecule has 9 nitrogen and oxygen atoms in total. The number of nitrogens with zero attached hydrogens (tertiary/aromatic N) is 3. The van der Waals surface area contributed by atoms with Crippen LogP contribution in [0.25, 0.3) is 11.5 Å². The Balaban J connectivity index is 1.27. The second-order valence-electron chi connectivity index (χ2n) is 9.20. The number of rotatable bonds is 12. The summed E-state index contributed by atoms with van der Waals surface area (Å²) in [5.41, 5.74) is 3.74. The Bertz CT molecular complexity index is 1590. The molecule has 0 bridgehead atoms. The molecule has 2 heterocycles. The molecule has 0 N–H and O–H groups in total. The van der Waals surface area contributed by atoms with Gasteiger partial charge in [0.25, 0.3) is 0 Å². The maximum atomic E-state index is 12.6. The van der Waals surface area contributed by atoms with Gasteiger partial charge in [0.2, 0.25) is 11.8 Å². The summed E-state index contributed by atoms with van der Waals surface area (Å²) in [5, 5.41) is 4.50. The van der Waals surface area contributed by atoms with Crippen LogP contribution in [0.2, 0.25) is 0 Å². The summed E-state index contributed by atoms with van der Waals surface area (Å²) in [4.78, 5) is 17.2. The highest BCUT2D eigenvalue weighted by Gasteiger charge is 2.20. The predicted molar refractivity (Wildman–Crippen MR) is 152 cm³/mol. The van der Waals surface area contributed by atoms with Crippen molar-refractivity contribution >= 4 is 5.97 Å². The zero-order valence-electron chi connectivity index (χ0n) is 23.2. The lowest BCUT2D eigenvalue weighted by atomic mass is 10.2. The van der Waals surface area contributed by atoms with Crippen LogP contribution in [-0.4, -0.2) is 34.5 Å². The molecule has 0 unspecified atom stereocenters. The average molecular weight is 554 g/mol. The molecule has 0 saturated carbocycles. The maximum Gasteiger partial charge on any atom is 0.345 e. The van der Waals surface area contributed by atoms with Crippen molar-refractivity contribution in [1.29, 1.82) is 0 Å². The largest absolute Gasteiger partial charge is 0.493 e. The van der Waals surface area contributed by atoms with Crippen molar-refractivity contribution in [2.24, 2.45) is 0 Å². The zero-order chi connectivity index (χ0) is 28.6. The zero-order valence-corrected chi connectivity index (χ0v) is 23.2. The molecular formula is C32H31N3O6. The quantitative estimate of drug-likeness (QED) is 0.168. The van der Waals surface area contributed by atoms with Gasteiger partial charge in [0.05, 0.1) is 20.3 Å². The highest BCUT2D eigenvalue weighted by atomic mass is 16.5. The molecule has 0 aliphatic rings. The molecule has 3 aromatic carbocycles. The number of carbonyl (C=O) groups is 1. The van der Waals surface area contributed by atoms with E-state index in [0.29, 0.717) is 35.4 Å². The summed E-state index contributed by atoms with van der Waals surface area (Å²) < 4.78 is 30.3. The normalized spacial score (nSPS) is 10.8. The molecule has 0 aliphatic heterocycles. The Labute approximate surface area is 238 Å². The number of aryl methyl sites for hydroxylation is 1. The predicted octanol–water partition coefficient (Wildman–Crippen LogP) is 6.24. The van der Waals surface area contributed by atoms with Gasteiger partial charge in [0.15, 0.2) is 11.5 Å². The molecule has 0 saturated heterocycles. The monoisotopic (exact) mass is 553 g/mol. The van der Waals surface area contributed by atoms with Crippen LogP contribution in [-0.2, 0) is 24.5 Å². The molecule has 2 aromatic heterocycles. The highest BCUT2D eigenvalue weighted by molar-refractivity contribution is 5.91. The molecule has 0 radical (unpaired) electrons. The van der Waals surface area contributed by atoms with Crippen molar-refractivity contribution in [2.75, 3.05) is 13.7 Å². The standard InChI is InChI=1S/C32H31N3O6/c1-4-38-32(36)26-19-35(18-23-11-7-5-8-12-23)34-31(26)40-20-24-15-16-28(29(17-24)37-3)39-21-27-22(2)41-30(33-27)25-13-9-6-10-14-25/h5-17,19H,4,18,20-21H2,1-3H3. The van der Waals surface area contributed by atoms with Gasteiger partial charge in [0, 0.05) is 11.8 Å². The Morgan fingerprint density at radius 1 is 0.902 bits per heavy atom. The van der Waals surface area contributed by atoms with Gasteiger partial charge in [-0.05, 0) is 49.2 Å². The van der Waals surface area contributed by atoms with Crippen LogP contribution in [0.15, 0.2) is 89.5 Å². The number of methoxy groups -OCH3 is 1. The van der Waals surface area contributed by atoms with E-state index in [1.54, 1.807) is 24.9 Å². The van der Waals surface area contributed by atoms with Gasteiger partial charge >= 0.3 is 5.97 Å². The number of esters is 1. The lowest BCUT2D eigenvalue weighted by Crippen LogP contribution is -2.07. The Morgan fingerprint density at radius 2 is 1.66 bits per heavy atom. The van der Waals surface area contributed by atoms with Crippen LogP contribution in [0, 0.1) is 6.92 Å². The first-order valence-corrected chi connectivity index (χ1v) is 13.3. The summed E-state index contributed by atoms with van der Waals surface area (Å²) in [7, 11) is 1.58. The van der Waals surface area contributed by atoms with Crippen molar-refractivity contribution in [3.8, 4) is 28.8 Å². The number of hydrogen-bond acceptors (Lipinski definition) is 8. The van der Waals surface area contributed by atoms with Gasteiger partial charge < -0.3 is 23.4 Å². The maximum absolute atomic E-state index is 12.6. The lowest BCUT2D eigenvalue weighted by Gasteiger charge is -2.12. The summed E-state index contributed by atoms with van der Waals surface area (Å²) in [5.74, 6) is 2.05. The molecular weight excluding hydrogens is 522 g/mol. The Hall–Kier alpha value is -5.05. The van der Waals surface area contributed by atoms with Gasteiger partial charge in [-0.1, -0.05) is 54.6 Å². The van der Waals surface area contributed by atoms with Gasteiger partial charge in [-0.25, -0.2) is 9.78 Å². The molecule has 0 spiro atoms. The minimum absolute atomic E-state index is 0.161. The smallest absolute Gasteiger partial charge is 0.345 e. The van der Waals surface area contributed by atoms with E-state index in [4.69, 9.17) is 23.4 Å². The Kier molecular flexibility index (Phi) is 8.64. The van der Waals surface area contributed by atoms with E-state index in [9.17, 15) is 4.79 Å². The molecule has 41 heavy (non-hydrogen) atoms. The van der Waals surface area contributed by atoms with E-state index < -0.39 is 5.97 Å². The molecule has 0 atom stereocenters. The third-order valence-corrected chi connectivity index (χ3v) is 6.29. The second-order valence-corrected chi connectivity index (χ2v) is 9.20. The number of aromatic nitrogens is 3. The molecule has 0 amide bonds. The van der Waals surface area contributed by atoms with E-state index >= 15 is 0 Å². The van der Waals surface area contributed by atoms with E-state index in [-0.39, 0.29) is 31.3 Å². The molecule has 5 aromatic rings. The van der Waals surface area contributed by atoms with Crippen LogP contribution in [0.4, 0.5) is 0 Å². The SMILES string of the molecule is CCOC(=O)c1cn(Cc2ccccc2)nc1OCc1ccc(OCc2nc(-c3ccccc3)oc2C)c(OC)c1. The fourth-order valence-corrected chi connectivity index (χ4v) is 4.20. The fraction of sp³-hybridized carbons (Fsp3) is 0.219. The first-order chi connectivity index (χ1) is 20.0. The third-order valence-electron chi connectivity index (χ3n) is 6.29. The topological polar surface area (TPSA) is 97.8 Å². The van der Waals surface area contributed by atoms with Gasteiger partial charge in [-0.15, -0.1) is 5.10 Å². The van der Waals surface area contributed by atoms with Gasteiger partial charge in [-0.3, -0.25) is 4.68 Å². The summed E-state index contributed by atoms with van der Waals surface area (Å²) in [6.07, 6.45) is 1.65. The highest BCUT2D eigenvalue weighted by Crippen LogP contribution is 2.30. The van der Waals surface area contributed by atoms with Crippen molar-refractivity contribution < 1.29 is 28.2 Å². The van der Waals surface area contributed by atoms with Gasteiger partial charge in [0.1, 0.15) is 30.2 Å². The molecule has 0 fully saturated rings. The van der Waals surface area contributed by atoms with Crippen LogP contribution < -0.4 is 14.2 Å². The van der Waals surface area contributed by atoms with Crippen molar-refractivity contribution in [2.45, 2.75) is 33.6 Å². The van der Waals surface area contributed by atoms with Crippen LogP contribution in [0.5, 0.6) is 17.4 Å². The van der Waals surface area contributed by atoms with Crippen molar-refractivity contribution in [3.63, 3.8) is 0 Å². The summed E-state index contributed by atoms with van der Waals surface area (Å²) in [6.45, 7) is 4.75. The summed E-state index contributed by atoms with van der Waals surface area (Å²) >= 11 is 0. The fourth-order valence-electron chi connectivity index (χ4n) is 4.20. The van der Waals surface area contributed by atoms with Crippen LogP contribution in [0.1, 0.15) is 39.9 Å². The first-order valence-electron chi connectivity index (χ1n) is 13.3. The van der Waals surface area contributed by atoms with Crippen LogP contribution >= 0.6 is 0 Å². The number of ether oxygens (including phenoxy) is 4. The minimum atomic E-state index is -0.485. The Morgan fingerprint density at radius 3 is 2.39 bits per heavy atom. The number of carbonyl (C=O) groups excluding carboxylic acids is 1. The van der Waals surface area contributed by atoms with E-state index in [2.05, 4.69) is 10.1 Å². The van der Waals surface area contributed by atoms with E-state index in [0.717, 1.165) is 16.7 Å². The van der Waals surface area contributed by atoms with Crippen LogP contribution in [0.3, 0.4) is 0 Å². The first kappa shape index (κ1) is 27.5.